The minimum atomic E-state index is 0.193. The van der Waals surface area contributed by atoms with Crippen LogP contribution in [0.3, 0.4) is 0 Å². The van der Waals surface area contributed by atoms with Crippen molar-refractivity contribution >= 4 is 11.5 Å². The first kappa shape index (κ1) is 14.2. The highest BCUT2D eigenvalue weighted by Gasteiger charge is 2.22. The molecule has 0 spiro atoms. The van der Waals surface area contributed by atoms with Gasteiger partial charge >= 0.3 is 0 Å². The standard InChI is InChI=1S/C14H23N7/c1-14(2,3)16-8-11-4-6-20(7-5-11)13-10-15-9-12-17-18-19-21(12)13/h9-11,16H,4-8H2,1-3H3. The summed E-state index contributed by atoms with van der Waals surface area (Å²) in [4.78, 5) is 6.55. The van der Waals surface area contributed by atoms with E-state index in [9.17, 15) is 0 Å². The highest BCUT2D eigenvalue weighted by atomic mass is 15.5. The summed E-state index contributed by atoms with van der Waals surface area (Å²) >= 11 is 0. The second kappa shape index (κ2) is 5.55. The van der Waals surface area contributed by atoms with Crippen molar-refractivity contribution in [2.24, 2.45) is 5.92 Å². The average Bonchev–Trinajstić information content (AvgIpc) is 2.93. The van der Waals surface area contributed by atoms with E-state index in [4.69, 9.17) is 0 Å². The van der Waals surface area contributed by atoms with Crippen LogP contribution in [0.5, 0.6) is 0 Å². The van der Waals surface area contributed by atoms with Gasteiger partial charge in [0.1, 0.15) is 0 Å². The number of anilines is 1. The molecule has 0 saturated carbocycles. The van der Waals surface area contributed by atoms with Crippen molar-refractivity contribution in [1.29, 1.82) is 0 Å². The monoisotopic (exact) mass is 289 g/mol. The summed E-state index contributed by atoms with van der Waals surface area (Å²) in [5.41, 5.74) is 0.892. The van der Waals surface area contributed by atoms with Crippen molar-refractivity contribution in [1.82, 2.24) is 30.3 Å². The molecule has 0 radical (unpaired) electrons. The maximum absolute atomic E-state index is 4.23. The Labute approximate surface area is 124 Å². The highest BCUT2D eigenvalue weighted by Crippen LogP contribution is 2.22. The molecule has 7 nitrogen and oxygen atoms in total. The van der Waals surface area contributed by atoms with Crippen LogP contribution in [0, 0.1) is 5.92 Å². The minimum Gasteiger partial charge on any atom is -0.355 e. The number of hydrogen-bond acceptors (Lipinski definition) is 6. The smallest absolute Gasteiger partial charge is 0.199 e. The molecular formula is C14H23N7. The summed E-state index contributed by atoms with van der Waals surface area (Å²) in [7, 11) is 0. The molecule has 1 saturated heterocycles. The predicted molar refractivity (Wildman–Crippen MR) is 81.3 cm³/mol. The molecule has 1 aliphatic rings. The molecule has 0 aromatic carbocycles. The van der Waals surface area contributed by atoms with Crippen molar-refractivity contribution in [3.05, 3.63) is 12.4 Å². The maximum atomic E-state index is 4.23. The van der Waals surface area contributed by atoms with Crippen LogP contribution in [0.25, 0.3) is 5.65 Å². The van der Waals surface area contributed by atoms with Crippen LogP contribution in [-0.4, -0.2) is 50.2 Å². The molecular weight excluding hydrogens is 266 g/mol. The molecule has 0 atom stereocenters. The molecule has 114 valence electrons. The number of rotatable bonds is 3. The van der Waals surface area contributed by atoms with E-state index in [1.807, 2.05) is 6.20 Å². The number of fused-ring (bicyclic) bond motifs is 1. The summed E-state index contributed by atoms with van der Waals surface area (Å²) in [5.74, 6) is 1.72. The summed E-state index contributed by atoms with van der Waals surface area (Å²) in [5, 5.41) is 15.3. The van der Waals surface area contributed by atoms with E-state index in [1.165, 1.54) is 12.8 Å². The second-order valence-corrected chi connectivity index (χ2v) is 6.78. The van der Waals surface area contributed by atoms with Gasteiger partial charge in [-0.2, -0.15) is 4.52 Å². The summed E-state index contributed by atoms with van der Waals surface area (Å²) in [6.07, 6.45) is 5.89. The van der Waals surface area contributed by atoms with Gasteiger partial charge in [-0.3, -0.25) is 4.98 Å². The van der Waals surface area contributed by atoms with Crippen LogP contribution in [0.4, 0.5) is 5.82 Å². The van der Waals surface area contributed by atoms with E-state index in [-0.39, 0.29) is 5.54 Å². The molecule has 3 heterocycles. The van der Waals surface area contributed by atoms with Crippen LogP contribution in [0.1, 0.15) is 33.6 Å². The third kappa shape index (κ3) is 3.29. The number of aromatic nitrogens is 5. The van der Waals surface area contributed by atoms with Crippen LogP contribution in [0.15, 0.2) is 12.4 Å². The van der Waals surface area contributed by atoms with Gasteiger partial charge in [0.05, 0.1) is 12.4 Å². The lowest BCUT2D eigenvalue weighted by molar-refractivity contribution is 0.328. The van der Waals surface area contributed by atoms with Gasteiger partial charge in [-0.1, -0.05) is 0 Å². The SMILES string of the molecule is CC(C)(C)NCC1CCN(c2cncc3nnnn23)CC1. The van der Waals surface area contributed by atoms with Gasteiger partial charge in [-0.05, 0) is 56.5 Å². The fraction of sp³-hybridized carbons (Fsp3) is 0.714. The molecule has 1 aliphatic heterocycles. The molecule has 7 heteroatoms. The van der Waals surface area contributed by atoms with E-state index < -0.39 is 0 Å². The molecule has 0 aliphatic carbocycles. The quantitative estimate of drug-likeness (QED) is 0.913. The summed E-state index contributed by atoms with van der Waals surface area (Å²) < 4.78 is 1.76. The van der Waals surface area contributed by atoms with Crippen molar-refractivity contribution in [2.75, 3.05) is 24.5 Å². The van der Waals surface area contributed by atoms with Crippen molar-refractivity contribution in [2.45, 2.75) is 39.2 Å². The van der Waals surface area contributed by atoms with Crippen LogP contribution >= 0.6 is 0 Å². The summed E-state index contributed by atoms with van der Waals surface area (Å²) in [6.45, 7) is 9.78. The molecule has 0 unspecified atom stereocenters. The first-order chi connectivity index (χ1) is 10.0. The molecule has 2 aromatic heterocycles. The number of hydrogen-bond donors (Lipinski definition) is 1. The first-order valence-electron chi connectivity index (χ1n) is 7.55. The van der Waals surface area contributed by atoms with Gasteiger partial charge in [0.15, 0.2) is 11.5 Å². The fourth-order valence-electron chi connectivity index (χ4n) is 2.70. The largest absolute Gasteiger partial charge is 0.355 e. The van der Waals surface area contributed by atoms with Crippen LogP contribution in [-0.2, 0) is 0 Å². The molecule has 1 fully saturated rings. The summed E-state index contributed by atoms with van der Waals surface area (Å²) in [6, 6.07) is 0. The number of nitrogens with zero attached hydrogens (tertiary/aromatic N) is 6. The highest BCUT2D eigenvalue weighted by molar-refractivity contribution is 5.46. The van der Waals surface area contributed by atoms with Crippen molar-refractivity contribution < 1.29 is 0 Å². The zero-order chi connectivity index (χ0) is 14.9. The number of nitrogens with one attached hydrogen (secondary N) is 1. The molecule has 0 amide bonds. The Kier molecular flexibility index (Phi) is 3.75. The van der Waals surface area contributed by atoms with Crippen LogP contribution < -0.4 is 10.2 Å². The van der Waals surface area contributed by atoms with Crippen LogP contribution in [0.2, 0.25) is 0 Å². The average molecular weight is 289 g/mol. The topological polar surface area (TPSA) is 71.2 Å². The van der Waals surface area contributed by atoms with Gasteiger partial charge in [0.25, 0.3) is 0 Å². The zero-order valence-corrected chi connectivity index (χ0v) is 13.0. The molecule has 21 heavy (non-hydrogen) atoms. The molecule has 1 N–H and O–H groups in total. The van der Waals surface area contributed by atoms with Gasteiger partial charge in [0, 0.05) is 18.6 Å². The van der Waals surface area contributed by atoms with E-state index in [2.05, 4.69) is 51.5 Å². The lowest BCUT2D eigenvalue weighted by Crippen LogP contribution is -2.43. The lowest BCUT2D eigenvalue weighted by atomic mass is 9.95. The number of tetrazole rings is 1. The Hall–Kier alpha value is -1.76. The maximum Gasteiger partial charge on any atom is 0.199 e. The third-order valence-electron chi connectivity index (χ3n) is 3.95. The third-order valence-corrected chi connectivity index (χ3v) is 3.95. The van der Waals surface area contributed by atoms with E-state index >= 15 is 0 Å². The Balaban J connectivity index is 1.62. The minimum absolute atomic E-state index is 0.193. The predicted octanol–water partition coefficient (Wildman–Crippen LogP) is 1.12. The Bertz CT molecular complexity index is 593. The Morgan fingerprint density at radius 2 is 2.00 bits per heavy atom. The molecule has 2 aromatic rings. The van der Waals surface area contributed by atoms with Gasteiger partial charge in [-0.25, -0.2) is 0 Å². The zero-order valence-electron chi connectivity index (χ0n) is 13.0. The van der Waals surface area contributed by atoms with Gasteiger partial charge in [0.2, 0.25) is 0 Å². The second-order valence-electron chi connectivity index (χ2n) is 6.78. The first-order valence-corrected chi connectivity index (χ1v) is 7.55. The number of piperidine rings is 1. The normalized spacial score (nSPS) is 17.6. The van der Waals surface area contributed by atoms with Gasteiger partial charge < -0.3 is 10.2 Å². The fourth-order valence-corrected chi connectivity index (χ4v) is 2.70. The lowest BCUT2D eigenvalue weighted by Gasteiger charge is -2.34. The van der Waals surface area contributed by atoms with Gasteiger partial charge in [-0.15, -0.1) is 5.10 Å². The Morgan fingerprint density at radius 1 is 1.24 bits per heavy atom. The van der Waals surface area contributed by atoms with Crippen molar-refractivity contribution in [3.63, 3.8) is 0 Å². The van der Waals surface area contributed by atoms with E-state index in [0.29, 0.717) is 5.65 Å². The molecule has 0 bridgehead atoms. The molecule has 3 rings (SSSR count). The van der Waals surface area contributed by atoms with E-state index in [0.717, 1.165) is 31.4 Å². The van der Waals surface area contributed by atoms with E-state index in [1.54, 1.807) is 10.7 Å². The Morgan fingerprint density at radius 3 is 2.71 bits per heavy atom. The van der Waals surface area contributed by atoms with Crippen molar-refractivity contribution in [3.8, 4) is 0 Å².